The summed E-state index contributed by atoms with van der Waals surface area (Å²) >= 11 is 0. The zero-order valence-electron chi connectivity index (χ0n) is 15.4. The van der Waals surface area contributed by atoms with E-state index in [-0.39, 0.29) is 6.61 Å². The van der Waals surface area contributed by atoms with Crippen LogP contribution in [0.15, 0.2) is 30.3 Å². The molecule has 0 fully saturated rings. The highest BCUT2D eigenvalue weighted by Gasteiger charge is 2.25. The molecule has 10 heteroatoms. The molecule has 27 heavy (non-hydrogen) atoms. The summed E-state index contributed by atoms with van der Waals surface area (Å²) in [4.78, 5) is 46.6. The molecule has 0 heterocycles. The Bertz CT molecular complexity index is 672. The van der Waals surface area contributed by atoms with Crippen LogP contribution >= 0.6 is 0 Å². The third kappa shape index (κ3) is 9.68. The lowest BCUT2D eigenvalue weighted by Gasteiger charge is -2.21. The maximum absolute atomic E-state index is 12.1. The minimum atomic E-state index is -1.33. The van der Waals surface area contributed by atoms with E-state index in [2.05, 4.69) is 5.32 Å². The number of primary amides is 1. The number of nitrogens with one attached hydrogen (secondary N) is 3. The molecule has 0 bridgehead atoms. The number of alkyl carbamates (subject to hydrolysis) is 1. The summed E-state index contributed by atoms with van der Waals surface area (Å²) in [7, 11) is 0. The fourth-order valence-electron chi connectivity index (χ4n) is 1.82. The Morgan fingerprint density at radius 2 is 1.67 bits per heavy atom. The van der Waals surface area contributed by atoms with Gasteiger partial charge < -0.3 is 20.5 Å². The van der Waals surface area contributed by atoms with E-state index in [0.717, 1.165) is 5.56 Å². The van der Waals surface area contributed by atoms with Crippen LogP contribution < -0.4 is 21.9 Å². The molecule has 10 nitrogen and oxygen atoms in total. The van der Waals surface area contributed by atoms with Gasteiger partial charge >= 0.3 is 12.2 Å². The Morgan fingerprint density at radius 3 is 2.22 bits per heavy atom. The van der Waals surface area contributed by atoms with Gasteiger partial charge in [-0.05, 0) is 26.3 Å². The van der Waals surface area contributed by atoms with E-state index in [0.29, 0.717) is 0 Å². The quantitative estimate of drug-likeness (QED) is 0.534. The van der Waals surface area contributed by atoms with Crippen LogP contribution in [0.25, 0.3) is 0 Å². The van der Waals surface area contributed by atoms with E-state index in [1.54, 1.807) is 45.0 Å². The molecule has 0 saturated heterocycles. The van der Waals surface area contributed by atoms with Gasteiger partial charge in [0.15, 0.2) is 0 Å². The SMILES string of the molecule is CC(C)(C)OC(=O)NNC(=O)[C@H](CC(N)=O)NC(=O)OCc1ccccc1. The molecule has 1 rings (SSSR count). The first-order valence-corrected chi connectivity index (χ1v) is 8.11. The molecule has 0 radical (unpaired) electrons. The number of carbonyl (C=O) groups is 4. The normalized spacial score (nSPS) is 11.7. The topological polar surface area (TPSA) is 149 Å². The van der Waals surface area contributed by atoms with Gasteiger partial charge in [0.2, 0.25) is 5.91 Å². The van der Waals surface area contributed by atoms with Gasteiger partial charge in [-0.2, -0.15) is 0 Å². The molecule has 1 aromatic rings. The molecule has 5 N–H and O–H groups in total. The summed E-state index contributed by atoms with van der Waals surface area (Å²) in [6.07, 6.45) is -2.31. The fourth-order valence-corrected chi connectivity index (χ4v) is 1.82. The standard InChI is InChI=1S/C17H24N4O6/c1-17(2,3)27-16(25)21-20-14(23)12(9-13(18)22)19-15(24)26-10-11-7-5-4-6-8-11/h4-8,12H,9-10H2,1-3H3,(H2,18,22)(H,19,24)(H,20,23)(H,21,25)/t12-/m0/s1. The first kappa shape index (κ1) is 21.7. The Labute approximate surface area is 156 Å². The van der Waals surface area contributed by atoms with Crippen molar-refractivity contribution >= 4 is 24.0 Å². The molecule has 0 aliphatic rings. The Balaban J connectivity index is 2.55. The summed E-state index contributed by atoms with van der Waals surface area (Å²) < 4.78 is 9.94. The second kappa shape index (κ2) is 10.00. The van der Waals surface area contributed by atoms with Crippen molar-refractivity contribution < 1.29 is 28.7 Å². The summed E-state index contributed by atoms with van der Waals surface area (Å²) in [6, 6.07) is 7.55. The smallest absolute Gasteiger partial charge is 0.426 e. The number of amides is 4. The van der Waals surface area contributed by atoms with Crippen molar-refractivity contribution in [3.05, 3.63) is 35.9 Å². The fraction of sp³-hybridized carbons (Fsp3) is 0.412. The van der Waals surface area contributed by atoms with Gasteiger partial charge in [0, 0.05) is 0 Å². The predicted molar refractivity (Wildman–Crippen MR) is 94.9 cm³/mol. The lowest BCUT2D eigenvalue weighted by Crippen LogP contribution is -2.54. The van der Waals surface area contributed by atoms with Gasteiger partial charge in [-0.15, -0.1) is 0 Å². The van der Waals surface area contributed by atoms with Crippen LogP contribution in [-0.2, 0) is 25.7 Å². The number of hydrazine groups is 1. The second-order valence-electron chi connectivity index (χ2n) is 6.55. The average Bonchev–Trinajstić information content (AvgIpc) is 2.56. The summed E-state index contributed by atoms with van der Waals surface area (Å²) in [6.45, 7) is 4.92. The third-order valence-electron chi connectivity index (χ3n) is 2.91. The van der Waals surface area contributed by atoms with Crippen molar-refractivity contribution in [1.82, 2.24) is 16.2 Å². The zero-order valence-corrected chi connectivity index (χ0v) is 15.4. The van der Waals surface area contributed by atoms with Crippen molar-refractivity contribution in [2.45, 2.75) is 45.4 Å². The Kier molecular flexibility index (Phi) is 8.05. The van der Waals surface area contributed by atoms with Gasteiger partial charge in [-0.3, -0.25) is 15.0 Å². The highest BCUT2D eigenvalue weighted by molar-refractivity contribution is 5.91. The maximum Gasteiger partial charge on any atom is 0.426 e. The monoisotopic (exact) mass is 380 g/mol. The number of ether oxygens (including phenoxy) is 2. The summed E-state index contributed by atoms with van der Waals surface area (Å²) in [5.74, 6) is -1.69. The molecule has 148 valence electrons. The van der Waals surface area contributed by atoms with Crippen LogP contribution in [0.4, 0.5) is 9.59 Å². The molecule has 1 aromatic carbocycles. The van der Waals surface area contributed by atoms with Crippen LogP contribution in [-0.4, -0.2) is 35.6 Å². The molecule has 0 aliphatic heterocycles. The predicted octanol–water partition coefficient (Wildman–Crippen LogP) is 0.713. The van der Waals surface area contributed by atoms with E-state index in [4.69, 9.17) is 15.2 Å². The first-order valence-electron chi connectivity index (χ1n) is 8.11. The number of carbonyl (C=O) groups excluding carboxylic acids is 4. The van der Waals surface area contributed by atoms with Crippen LogP contribution in [0, 0.1) is 0 Å². The van der Waals surface area contributed by atoms with Gasteiger partial charge in [-0.25, -0.2) is 15.0 Å². The minimum Gasteiger partial charge on any atom is -0.445 e. The van der Waals surface area contributed by atoms with Gasteiger partial charge in [0.25, 0.3) is 5.91 Å². The van der Waals surface area contributed by atoms with E-state index in [9.17, 15) is 19.2 Å². The number of rotatable bonds is 6. The highest BCUT2D eigenvalue weighted by atomic mass is 16.6. The number of benzene rings is 1. The van der Waals surface area contributed by atoms with Crippen molar-refractivity contribution in [3.63, 3.8) is 0 Å². The molecule has 0 unspecified atom stereocenters. The minimum absolute atomic E-state index is 0.0201. The van der Waals surface area contributed by atoms with Crippen LogP contribution in [0.2, 0.25) is 0 Å². The molecular formula is C17H24N4O6. The Hall–Kier alpha value is -3.30. The van der Waals surface area contributed by atoms with E-state index < -0.39 is 42.1 Å². The number of nitrogens with two attached hydrogens (primary N) is 1. The van der Waals surface area contributed by atoms with Crippen molar-refractivity contribution in [3.8, 4) is 0 Å². The van der Waals surface area contributed by atoms with E-state index >= 15 is 0 Å². The third-order valence-corrected chi connectivity index (χ3v) is 2.91. The molecule has 0 saturated carbocycles. The molecule has 0 aliphatic carbocycles. The number of hydrogen-bond donors (Lipinski definition) is 4. The van der Waals surface area contributed by atoms with Crippen molar-refractivity contribution in [2.75, 3.05) is 0 Å². The van der Waals surface area contributed by atoms with Crippen LogP contribution in [0.5, 0.6) is 0 Å². The molecule has 0 spiro atoms. The van der Waals surface area contributed by atoms with Gasteiger partial charge in [0.05, 0.1) is 6.42 Å². The van der Waals surface area contributed by atoms with Crippen molar-refractivity contribution in [2.24, 2.45) is 5.73 Å². The second-order valence-corrected chi connectivity index (χ2v) is 6.55. The molecular weight excluding hydrogens is 356 g/mol. The Morgan fingerprint density at radius 1 is 1.04 bits per heavy atom. The van der Waals surface area contributed by atoms with Crippen LogP contribution in [0.1, 0.15) is 32.8 Å². The summed E-state index contributed by atoms with van der Waals surface area (Å²) in [5.41, 5.74) is 9.14. The average molecular weight is 380 g/mol. The molecule has 0 aromatic heterocycles. The van der Waals surface area contributed by atoms with Crippen LogP contribution in [0.3, 0.4) is 0 Å². The zero-order chi connectivity index (χ0) is 20.4. The largest absolute Gasteiger partial charge is 0.445 e. The van der Waals surface area contributed by atoms with E-state index in [1.165, 1.54) is 0 Å². The van der Waals surface area contributed by atoms with Crippen molar-refractivity contribution in [1.29, 1.82) is 0 Å². The molecule has 4 amide bonds. The lowest BCUT2D eigenvalue weighted by molar-refractivity contribution is -0.127. The lowest BCUT2D eigenvalue weighted by atomic mass is 10.2. The first-order chi connectivity index (χ1) is 12.6. The molecule has 1 atom stereocenters. The van der Waals surface area contributed by atoms with Gasteiger partial charge in [-0.1, -0.05) is 30.3 Å². The van der Waals surface area contributed by atoms with Gasteiger partial charge in [0.1, 0.15) is 18.2 Å². The van der Waals surface area contributed by atoms with E-state index in [1.807, 2.05) is 16.9 Å². The number of hydrogen-bond acceptors (Lipinski definition) is 6. The highest BCUT2D eigenvalue weighted by Crippen LogP contribution is 2.06. The summed E-state index contributed by atoms with van der Waals surface area (Å²) in [5, 5.41) is 2.22. The maximum atomic E-state index is 12.1.